The van der Waals surface area contributed by atoms with Crippen molar-refractivity contribution >= 4 is 28.5 Å². The van der Waals surface area contributed by atoms with Crippen molar-refractivity contribution in [3.8, 4) is 5.75 Å². The zero-order valence-corrected chi connectivity index (χ0v) is 18.3. The molecule has 1 N–H and O–H groups in total. The zero-order valence-electron chi connectivity index (χ0n) is 15.8. The fourth-order valence-corrected chi connectivity index (χ4v) is 4.94. The van der Waals surface area contributed by atoms with Gasteiger partial charge in [0.2, 0.25) is 10.0 Å². The second-order valence-electron chi connectivity index (χ2n) is 5.18. The van der Waals surface area contributed by atoms with E-state index in [-0.39, 0.29) is 10.6 Å². The van der Waals surface area contributed by atoms with E-state index < -0.39 is 16.7 Å². The third-order valence-corrected chi connectivity index (χ3v) is 6.69. The van der Waals surface area contributed by atoms with Gasteiger partial charge in [-0.05, 0) is 51.0 Å². The van der Waals surface area contributed by atoms with Gasteiger partial charge in [0.15, 0.2) is 0 Å². The fourth-order valence-electron chi connectivity index (χ4n) is 1.97. The van der Waals surface area contributed by atoms with Gasteiger partial charge in [-0.25, -0.2) is 8.42 Å². The molecule has 0 aliphatic carbocycles. The Labute approximate surface area is 162 Å². The molecule has 1 rings (SSSR count). The number of aromatic hydroxyl groups is 1. The minimum Gasteiger partial charge on any atom is -0.780 e. The topological polar surface area (TPSA) is 99.1 Å². The van der Waals surface area contributed by atoms with E-state index in [1.54, 1.807) is 13.8 Å². The number of nitrogens with zero attached hydrogens (tertiary/aromatic N) is 1. The maximum Gasteiger partial charge on any atom is 0.243 e. The molecule has 10 heteroatoms. The normalized spacial score (nSPS) is 11.9. The molecule has 0 radical (unpaired) electrons. The van der Waals surface area contributed by atoms with Gasteiger partial charge in [-0.1, -0.05) is 25.7 Å². The van der Waals surface area contributed by atoms with Crippen LogP contribution < -0.4 is 4.89 Å². The fraction of sp³-hybridized carbons (Fsp3) is 0.625. The van der Waals surface area contributed by atoms with Crippen molar-refractivity contribution in [3.63, 3.8) is 0 Å². The van der Waals surface area contributed by atoms with E-state index >= 15 is 0 Å². The van der Waals surface area contributed by atoms with Crippen molar-refractivity contribution in [3.05, 3.63) is 24.3 Å². The lowest BCUT2D eigenvalue weighted by molar-refractivity contribution is -0.205. The van der Waals surface area contributed by atoms with E-state index in [0.29, 0.717) is 26.3 Å². The maximum atomic E-state index is 12.3. The first kappa shape index (κ1) is 25.5. The van der Waals surface area contributed by atoms with E-state index in [9.17, 15) is 13.3 Å². The van der Waals surface area contributed by atoms with Gasteiger partial charge < -0.3 is 19.0 Å². The number of hydrogen-bond acceptors (Lipinski definition) is 7. The van der Waals surface area contributed by atoms with Crippen LogP contribution in [0.3, 0.4) is 0 Å². The molecule has 0 unspecified atom stereocenters. The molecule has 0 heterocycles. The van der Waals surface area contributed by atoms with E-state index in [1.807, 2.05) is 13.8 Å². The molecular weight excluding hydrogens is 397 g/mol. The molecule has 0 amide bonds. The standard InChI is InChI=1S/C12H19NO3S.C4H11O3PS/c1-3-9-13(10-4-2)17(15,16)12-7-5-11(14)6-8-12;1-3-6-8(5,9)7-4-2/h5-8,14H,3-4,9-10H2,1-2H3;3-4H2,1-2H3,(H,5,9)/p-1. The third-order valence-electron chi connectivity index (χ3n) is 2.99. The molecule has 0 aromatic heterocycles. The first-order valence-electron chi connectivity index (χ1n) is 8.53. The summed E-state index contributed by atoms with van der Waals surface area (Å²) in [7, 11) is -3.42. The summed E-state index contributed by atoms with van der Waals surface area (Å²) in [5, 5.41) is 9.16. The van der Waals surface area contributed by atoms with Crippen molar-refractivity contribution < 1.29 is 27.5 Å². The van der Waals surface area contributed by atoms with Gasteiger partial charge in [-0.2, -0.15) is 4.31 Å². The van der Waals surface area contributed by atoms with Crippen LogP contribution in [0.4, 0.5) is 0 Å². The van der Waals surface area contributed by atoms with Crippen LogP contribution in [0.5, 0.6) is 5.75 Å². The predicted molar refractivity (Wildman–Crippen MR) is 105 cm³/mol. The lowest BCUT2D eigenvalue weighted by atomic mass is 10.3. The van der Waals surface area contributed by atoms with Crippen LogP contribution >= 0.6 is 6.72 Å². The molecule has 0 saturated carbocycles. The highest BCUT2D eigenvalue weighted by atomic mass is 32.5. The summed E-state index contributed by atoms with van der Waals surface area (Å²) in [4.78, 5) is 11.0. The van der Waals surface area contributed by atoms with Crippen LogP contribution in [0.15, 0.2) is 29.2 Å². The molecule has 1 aromatic carbocycles. The summed E-state index contributed by atoms with van der Waals surface area (Å²) in [5.74, 6) is 0.0708. The Kier molecular flexibility index (Phi) is 12.5. The highest BCUT2D eigenvalue weighted by Crippen LogP contribution is 2.37. The van der Waals surface area contributed by atoms with Crippen LogP contribution in [-0.2, 0) is 30.9 Å². The van der Waals surface area contributed by atoms with Crippen LogP contribution in [0.25, 0.3) is 0 Å². The van der Waals surface area contributed by atoms with Gasteiger partial charge in [0.25, 0.3) is 0 Å². The second kappa shape index (κ2) is 12.8. The number of phenolic OH excluding ortho intramolecular Hbond substituents is 1. The van der Waals surface area contributed by atoms with Gasteiger partial charge in [0.1, 0.15) is 12.5 Å². The first-order chi connectivity index (χ1) is 12.1. The Bertz CT molecular complexity index is 635. The summed E-state index contributed by atoms with van der Waals surface area (Å²) in [6.45, 7) is 5.96. The molecule has 0 aliphatic rings. The van der Waals surface area contributed by atoms with E-state index in [0.717, 1.165) is 12.8 Å². The Morgan fingerprint density at radius 1 is 1.04 bits per heavy atom. The molecule has 26 heavy (non-hydrogen) atoms. The highest BCUT2D eigenvalue weighted by Gasteiger charge is 2.22. The van der Waals surface area contributed by atoms with E-state index in [4.69, 9.17) is 5.11 Å². The first-order valence-corrected chi connectivity index (χ1v) is 12.5. The lowest BCUT2D eigenvalue weighted by Gasteiger charge is -2.25. The largest absolute Gasteiger partial charge is 0.780 e. The predicted octanol–water partition coefficient (Wildman–Crippen LogP) is 2.85. The quantitative estimate of drug-likeness (QED) is 0.574. The smallest absolute Gasteiger partial charge is 0.243 e. The highest BCUT2D eigenvalue weighted by molar-refractivity contribution is 8.06. The number of rotatable bonds is 10. The van der Waals surface area contributed by atoms with Gasteiger partial charge in [0.05, 0.1) is 18.1 Å². The molecule has 0 spiro atoms. The Balaban J connectivity index is 0.000000590. The van der Waals surface area contributed by atoms with E-state index in [1.165, 1.54) is 28.6 Å². The number of benzene rings is 1. The maximum absolute atomic E-state index is 12.3. The zero-order chi connectivity index (χ0) is 20.2. The van der Waals surface area contributed by atoms with Crippen LogP contribution in [-0.4, -0.2) is 44.1 Å². The summed E-state index contributed by atoms with van der Waals surface area (Å²) in [6.07, 6.45) is 1.58. The average Bonchev–Trinajstić information content (AvgIpc) is 2.55. The molecular formula is C16H29NO6PS2-. The van der Waals surface area contributed by atoms with Crippen LogP contribution in [0.1, 0.15) is 40.5 Å². The minimum absolute atomic E-state index is 0.0708. The SMILES string of the molecule is CCCN(CCC)S(=O)(=O)c1ccc(O)cc1.CCOP([O-])(=S)OCC. The van der Waals surface area contributed by atoms with Crippen LogP contribution in [0, 0.1) is 0 Å². The summed E-state index contributed by atoms with van der Waals surface area (Å²) in [6, 6.07) is 5.65. The van der Waals surface area contributed by atoms with Crippen molar-refractivity contribution in [2.45, 2.75) is 45.4 Å². The van der Waals surface area contributed by atoms with Gasteiger partial charge in [0, 0.05) is 13.1 Å². The number of hydrogen-bond donors (Lipinski definition) is 1. The third kappa shape index (κ3) is 9.41. The van der Waals surface area contributed by atoms with Crippen molar-refractivity contribution in [1.82, 2.24) is 4.31 Å². The van der Waals surface area contributed by atoms with Crippen molar-refractivity contribution in [2.24, 2.45) is 0 Å². The monoisotopic (exact) mass is 426 g/mol. The Morgan fingerprint density at radius 3 is 1.81 bits per heavy atom. The molecule has 0 fully saturated rings. The van der Waals surface area contributed by atoms with Gasteiger partial charge in [-0.15, -0.1) is 0 Å². The molecule has 0 atom stereocenters. The summed E-state index contributed by atoms with van der Waals surface area (Å²) >= 11 is 4.45. The van der Waals surface area contributed by atoms with Gasteiger partial charge >= 0.3 is 0 Å². The average molecular weight is 427 g/mol. The number of sulfonamides is 1. The second-order valence-corrected chi connectivity index (χ2v) is 9.87. The molecule has 1 aromatic rings. The summed E-state index contributed by atoms with van der Waals surface area (Å²) < 4.78 is 35.3. The summed E-state index contributed by atoms with van der Waals surface area (Å²) in [5.41, 5.74) is 0. The molecule has 7 nitrogen and oxygen atoms in total. The number of phenols is 1. The molecule has 0 aliphatic heterocycles. The molecule has 152 valence electrons. The lowest BCUT2D eigenvalue weighted by Crippen LogP contribution is -2.32. The minimum atomic E-state index is -3.42. The Hall–Kier alpha value is -0.540. The Morgan fingerprint density at radius 2 is 1.46 bits per heavy atom. The molecule has 0 bridgehead atoms. The van der Waals surface area contributed by atoms with Crippen molar-refractivity contribution in [2.75, 3.05) is 26.3 Å². The van der Waals surface area contributed by atoms with Crippen molar-refractivity contribution in [1.29, 1.82) is 0 Å². The van der Waals surface area contributed by atoms with Crippen LogP contribution in [0.2, 0.25) is 0 Å². The van der Waals surface area contributed by atoms with E-state index in [2.05, 4.69) is 20.9 Å². The molecule has 0 saturated heterocycles. The van der Waals surface area contributed by atoms with Gasteiger partial charge in [-0.3, -0.25) is 0 Å².